The van der Waals surface area contributed by atoms with Gasteiger partial charge in [-0.3, -0.25) is 9.69 Å². The van der Waals surface area contributed by atoms with Crippen LogP contribution in [0, 0.1) is 5.92 Å². The summed E-state index contributed by atoms with van der Waals surface area (Å²) in [5.41, 5.74) is 2.74. The first-order chi connectivity index (χ1) is 11.3. The average molecular weight is 312 g/mol. The topological polar surface area (TPSA) is 32.3 Å². The summed E-state index contributed by atoms with van der Waals surface area (Å²) in [5.74, 6) is 1.10. The molecule has 2 aliphatic carbocycles. The van der Waals surface area contributed by atoms with E-state index in [1.807, 2.05) is 0 Å². The number of nitrogens with zero attached hydrogens (tertiary/aromatic N) is 1. The van der Waals surface area contributed by atoms with E-state index >= 15 is 0 Å². The van der Waals surface area contributed by atoms with Crippen LogP contribution in [-0.4, -0.2) is 29.9 Å². The molecule has 1 saturated carbocycles. The Morgan fingerprint density at radius 1 is 1.09 bits per heavy atom. The van der Waals surface area contributed by atoms with E-state index in [2.05, 4.69) is 34.5 Å². The lowest BCUT2D eigenvalue weighted by Gasteiger charge is -2.27. The van der Waals surface area contributed by atoms with Gasteiger partial charge >= 0.3 is 0 Å². The summed E-state index contributed by atoms with van der Waals surface area (Å²) in [6, 6.07) is 8.91. The highest BCUT2D eigenvalue weighted by atomic mass is 16.2. The molecule has 0 aromatic heterocycles. The quantitative estimate of drug-likeness (QED) is 0.923. The van der Waals surface area contributed by atoms with E-state index in [1.165, 1.54) is 43.2 Å². The first kappa shape index (κ1) is 15.2. The van der Waals surface area contributed by atoms with Crippen LogP contribution in [0.5, 0.6) is 0 Å². The van der Waals surface area contributed by atoms with Crippen molar-refractivity contribution in [2.75, 3.05) is 13.1 Å². The first-order valence-electron chi connectivity index (χ1n) is 9.43. The number of rotatable bonds is 4. The summed E-state index contributed by atoms with van der Waals surface area (Å²) in [5, 5.41) is 3.35. The second-order valence-electron chi connectivity index (χ2n) is 7.60. The van der Waals surface area contributed by atoms with Gasteiger partial charge in [0.15, 0.2) is 0 Å². The number of hydrogen-bond donors (Lipinski definition) is 1. The average Bonchev–Trinajstić information content (AvgIpc) is 3.29. The van der Waals surface area contributed by atoms with Crippen LogP contribution in [0.3, 0.4) is 0 Å². The molecule has 1 N–H and O–H groups in total. The van der Waals surface area contributed by atoms with Crippen molar-refractivity contribution >= 4 is 5.91 Å². The molecule has 4 rings (SSSR count). The van der Waals surface area contributed by atoms with Crippen LogP contribution in [0.2, 0.25) is 0 Å². The Balaban J connectivity index is 1.38. The minimum absolute atomic E-state index is 0.114. The number of carbonyl (C=O) groups is 1. The second kappa shape index (κ2) is 6.64. The number of hydrogen-bond acceptors (Lipinski definition) is 2. The monoisotopic (exact) mass is 312 g/mol. The molecule has 0 radical (unpaired) electrons. The SMILES string of the molecule is O=C(NC1CCc2ccccc21)[C@H]1CCCN1CC1CCCC1. The highest BCUT2D eigenvalue weighted by molar-refractivity contribution is 5.82. The number of nitrogens with one attached hydrogen (secondary N) is 1. The Morgan fingerprint density at radius 2 is 1.91 bits per heavy atom. The van der Waals surface area contributed by atoms with Gasteiger partial charge in [0.1, 0.15) is 0 Å². The minimum Gasteiger partial charge on any atom is -0.348 e. The zero-order valence-electron chi connectivity index (χ0n) is 14.0. The van der Waals surface area contributed by atoms with Gasteiger partial charge in [-0.1, -0.05) is 37.1 Å². The van der Waals surface area contributed by atoms with Crippen LogP contribution in [0.15, 0.2) is 24.3 Å². The Labute approximate surface area is 139 Å². The molecule has 1 aliphatic heterocycles. The van der Waals surface area contributed by atoms with Gasteiger partial charge in [0, 0.05) is 6.54 Å². The Bertz CT molecular complexity index is 565. The summed E-state index contributed by atoms with van der Waals surface area (Å²) < 4.78 is 0. The van der Waals surface area contributed by atoms with Crippen molar-refractivity contribution in [3.05, 3.63) is 35.4 Å². The van der Waals surface area contributed by atoms with Crippen LogP contribution in [0.25, 0.3) is 0 Å². The van der Waals surface area contributed by atoms with Gasteiger partial charge in [-0.15, -0.1) is 0 Å². The van der Waals surface area contributed by atoms with E-state index < -0.39 is 0 Å². The van der Waals surface area contributed by atoms with Gasteiger partial charge in [0.25, 0.3) is 0 Å². The lowest BCUT2D eigenvalue weighted by Crippen LogP contribution is -2.45. The molecule has 1 unspecified atom stereocenters. The fraction of sp³-hybridized carbons (Fsp3) is 0.650. The van der Waals surface area contributed by atoms with Gasteiger partial charge in [-0.05, 0) is 62.1 Å². The van der Waals surface area contributed by atoms with E-state index in [0.717, 1.165) is 38.3 Å². The van der Waals surface area contributed by atoms with Crippen molar-refractivity contribution in [1.82, 2.24) is 10.2 Å². The first-order valence-corrected chi connectivity index (χ1v) is 9.43. The standard InChI is InChI=1S/C20H28N2O/c23-20(21-18-12-11-16-8-3-4-9-17(16)18)19-10-5-13-22(19)14-15-6-1-2-7-15/h3-4,8-9,15,18-19H,1-2,5-7,10-14H2,(H,21,23)/t18?,19-/m1/s1. The van der Waals surface area contributed by atoms with Gasteiger partial charge in [0.2, 0.25) is 5.91 Å². The smallest absolute Gasteiger partial charge is 0.237 e. The van der Waals surface area contributed by atoms with Crippen LogP contribution in [0.1, 0.15) is 62.1 Å². The summed E-state index contributed by atoms with van der Waals surface area (Å²) in [6.45, 7) is 2.25. The summed E-state index contributed by atoms with van der Waals surface area (Å²) in [7, 11) is 0. The van der Waals surface area contributed by atoms with E-state index in [-0.39, 0.29) is 18.0 Å². The lowest BCUT2D eigenvalue weighted by molar-refractivity contribution is -0.126. The number of benzene rings is 1. The third-order valence-corrected chi connectivity index (χ3v) is 6.08. The van der Waals surface area contributed by atoms with Crippen molar-refractivity contribution in [1.29, 1.82) is 0 Å². The third-order valence-electron chi connectivity index (χ3n) is 6.08. The molecule has 124 valence electrons. The second-order valence-corrected chi connectivity index (χ2v) is 7.60. The lowest BCUT2D eigenvalue weighted by atomic mass is 10.1. The fourth-order valence-electron chi connectivity index (χ4n) is 4.84. The van der Waals surface area contributed by atoms with Gasteiger partial charge in [-0.25, -0.2) is 0 Å². The molecular formula is C20H28N2O. The minimum atomic E-state index is 0.114. The van der Waals surface area contributed by atoms with Crippen molar-refractivity contribution in [2.24, 2.45) is 5.92 Å². The molecule has 2 atom stereocenters. The van der Waals surface area contributed by atoms with Gasteiger partial charge in [-0.2, -0.15) is 0 Å². The van der Waals surface area contributed by atoms with Crippen LogP contribution < -0.4 is 5.32 Å². The van der Waals surface area contributed by atoms with Crippen molar-refractivity contribution < 1.29 is 4.79 Å². The number of carbonyl (C=O) groups excluding carboxylic acids is 1. The molecule has 3 aliphatic rings. The molecule has 1 heterocycles. The molecule has 23 heavy (non-hydrogen) atoms. The number of fused-ring (bicyclic) bond motifs is 1. The maximum Gasteiger partial charge on any atom is 0.237 e. The Kier molecular flexibility index (Phi) is 4.39. The summed E-state index contributed by atoms with van der Waals surface area (Å²) in [6.07, 6.45) is 9.85. The molecule has 0 spiro atoms. The Morgan fingerprint density at radius 3 is 2.78 bits per heavy atom. The van der Waals surface area contributed by atoms with E-state index in [4.69, 9.17) is 0 Å². The number of amides is 1. The maximum atomic E-state index is 12.8. The maximum absolute atomic E-state index is 12.8. The molecule has 1 aromatic rings. The normalized spacial score (nSPS) is 28.2. The summed E-state index contributed by atoms with van der Waals surface area (Å²) >= 11 is 0. The molecule has 3 heteroatoms. The van der Waals surface area contributed by atoms with Crippen LogP contribution >= 0.6 is 0 Å². The zero-order valence-corrected chi connectivity index (χ0v) is 14.0. The molecule has 1 aromatic carbocycles. The van der Waals surface area contributed by atoms with E-state index in [1.54, 1.807) is 0 Å². The number of aryl methyl sites for hydroxylation is 1. The predicted octanol–water partition coefficient (Wildman–Crippen LogP) is 3.44. The van der Waals surface area contributed by atoms with Crippen LogP contribution in [-0.2, 0) is 11.2 Å². The van der Waals surface area contributed by atoms with Crippen LogP contribution in [0.4, 0.5) is 0 Å². The van der Waals surface area contributed by atoms with E-state index in [0.29, 0.717) is 0 Å². The van der Waals surface area contributed by atoms with Crippen molar-refractivity contribution in [2.45, 2.75) is 63.5 Å². The highest BCUT2D eigenvalue weighted by Crippen LogP contribution is 2.32. The molecular weight excluding hydrogens is 284 g/mol. The third kappa shape index (κ3) is 3.16. The van der Waals surface area contributed by atoms with Crippen molar-refractivity contribution in [3.63, 3.8) is 0 Å². The molecule has 3 nitrogen and oxygen atoms in total. The zero-order chi connectivity index (χ0) is 15.6. The predicted molar refractivity (Wildman–Crippen MR) is 92.2 cm³/mol. The van der Waals surface area contributed by atoms with Gasteiger partial charge < -0.3 is 5.32 Å². The molecule has 1 amide bonds. The van der Waals surface area contributed by atoms with E-state index in [9.17, 15) is 4.79 Å². The largest absolute Gasteiger partial charge is 0.348 e. The molecule has 2 fully saturated rings. The van der Waals surface area contributed by atoms with Crippen molar-refractivity contribution in [3.8, 4) is 0 Å². The molecule has 0 bridgehead atoms. The van der Waals surface area contributed by atoms with Gasteiger partial charge in [0.05, 0.1) is 12.1 Å². The fourth-order valence-corrected chi connectivity index (χ4v) is 4.84. The molecule has 1 saturated heterocycles. The number of likely N-dealkylation sites (tertiary alicyclic amines) is 1. The highest BCUT2D eigenvalue weighted by Gasteiger charge is 2.34. The Hall–Kier alpha value is -1.35. The summed E-state index contributed by atoms with van der Waals surface area (Å²) in [4.78, 5) is 15.3.